The zero-order valence-corrected chi connectivity index (χ0v) is 17.8. The third-order valence-electron chi connectivity index (χ3n) is 4.49. The number of ether oxygens (including phenoxy) is 2. The predicted octanol–water partition coefficient (Wildman–Crippen LogP) is 5.55. The van der Waals surface area contributed by atoms with E-state index in [0.717, 1.165) is 22.0 Å². The Balaban J connectivity index is 1.65. The molecule has 2 heterocycles. The van der Waals surface area contributed by atoms with Gasteiger partial charge in [-0.3, -0.25) is 0 Å². The van der Waals surface area contributed by atoms with Crippen molar-refractivity contribution in [3.8, 4) is 17.1 Å². The predicted molar refractivity (Wildman–Crippen MR) is 112 cm³/mol. The molecule has 29 heavy (non-hydrogen) atoms. The lowest BCUT2D eigenvalue weighted by Gasteiger charge is -2.21. The average molecular weight is 434 g/mol. The first kappa shape index (κ1) is 20.2. The van der Waals surface area contributed by atoms with Crippen LogP contribution in [-0.2, 0) is 23.6 Å². The maximum Gasteiger partial charge on any atom is 0.191 e. The Morgan fingerprint density at radius 2 is 2.07 bits per heavy atom. The normalized spacial score (nSPS) is 13.4. The quantitative estimate of drug-likeness (QED) is 0.477. The molecule has 1 aliphatic heterocycles. The van der Waals surface area contributed by atoms with E-state index in [4.69, 9.17) is 21.1 Å². The van der Waals surface area contributed by atoms with Crippen molar-refractivity contribution in [3.63, 3.8) is 0 Å². The van der Waals surface area contributed by atoms with Crippen LogP contribution in [0.25, 0.3) is 11.4 Å². The fraction of sp³-hybridized carbons (Fsp3) is 0.333. The molecule has 8 heteroatoms. The summed E-state index contributed by atoms with van der Waals surface area (Å²) >= 11 is 7.80. The molecule has 0 atom stereocenters. The molecule has 0 bridgehead atoms. The van der Waals surface area contributed by atoms with Gasteiger partial charge in [-0.25, -0.2) is 4.39 Å². The van der Waals surface area contributed by atoms with Crippen LogP contribution in [0.2, 0.25) is 5.02 Å². The van der Waals surface area contributed by atoms with E-state index in [1.807, 2.05) is 16.7 Å². The van der Waals surface area contributed by atoms with E-state index in [9.17, 15) is 4.39 Å². The highest BCUT2D eigenvalue weighted by molar-refractivity contribution is 7.98. The summed E-state index contributed by atoms with van der Waals surface area (Å²) in [6, 6.07) is 10.4. The summed E-state index contributed by atoms with van der Waals surface area (Å²) in [7, 11) is 0. The summed E-state index contributed by atoms with van der Waals surface area (Å²) < 4.78 is 27.4. The van der Waals surface area contributed by atoms with Crippen molar-refractivity contribution >= 4 is 23.4 Å². The Morgan fingerprint density at radius 1 is 1.24 bits per heavy atom. The van der Waals surface area contributed by atoms with Gasteiger partial charge in [0.15, 0.2) is 17.8 Å². The maximum atomic E-state index is 14.4. The Morgan fingerprint density at radius 3 is 2.86 bits per heavy atom. The fourth-order valence-electron chi connectivity index (χ4n) is 3.27. The van der Waals surface area contributed by atoms with Crippen LogP contribution in [0, 0.1) is 11.7 Å². The van der Waals surface area contributed by atoms with Crippen molar-refractivity contribution in [3.05, 3.63) is 58.4 Å². The molecule has 0 aliphatic carbocycles. The number of nitrogens with zero attached hydrogens (tertiary/aromatic N) is 3. The van der Waals surface area contributed by atoms with Gasteiger partial charge < -0.3 is 14.0 Å². The third kappa shape index (κ3) is 4.42. The number of halogens is 2. The third-order valence-corrected chi connectivity index (χ3v) is 5.72. The van der Waals surface area contributed by atoms with E-state index in [-0.39, 0.29) is 12.6 Å². The van der Waals surface area contributed by atoms with Crippen LogP contribution in [0.5, 0.6) is 5.75 Å². The number of aromatic nitrogens is 3. The van der Waals surface area contributed by atoms with Crippen LogP contribution in [0.15, 0.2) is 41.6 Å². The molecule has 152 valence electrons. The molecule has 0 N–H and O–H groups in total. The van der Waals surface area contributed by atoms with Gasteiger partial charge >= 0.3 is 0 Å². The molecule has 1 aliphatic rings. The van der Waals surface area contributed by atoms with Crippen molar-refractivity contribution in [2.45, 2.75) is 37.9 Å². The number of rotatable bonds is 6. The molecule has 0 saturated heterocycles. The van der Waals surface area contributed by atoms with Crippen LogP contribution >= 0.6 is 23.4 Å². The molecule has 2 aromatic carbocycles. The minimum atomic E-state index is -0.307. The Hall–Kier alpha value is -2.09. The lowest BCUT2D eigenvalue weighted by atomic mass is 10.1. The summed E-state index contributed by atoms with van der Waals surface area (Å²) in [5.74, 6) is 2.01. The smallest absolute Gasteiger partial charge is 0.191 e. The Bertz CT molecular complexity index is 1030. The van der Waals surface area contributed by atoms with Gasteiger partial charge in [-0.05, 0) is 30.2 Å². The van der Waals surface area contributed by atoms with Gasteiger partial charge in [0.05, 0.1) is 12.2 Å². The summed E-state index contributed by atoms with van der Waals surface area (Å²) in [5.41, 5.74) is 2.37. The molecule has 0 spiro atoms. The van der Waals surface area contributed by atoms with Crippen molar-refractivity contribution < 1.29 is 13.9 Å². The van der Waals surface area contributed by atoms with Crippen LogP contribution in [0.3, 0.4) is 0 Å². The van der Waals surface area contributed by atoms with Crippen LogP contribution in [-0.4, -0.2) is 21.6 Å². The fourth-order valence-corrected chi connectivity index (χ4v) is 4.45. The van der Waals surface area contributed by atoms with E-state index in [2.05, 4.69) is 24.0 Å². The molecule has 0 amide bonds. The highest BCUT2D eigenvalue weighted by atomic mass is 35.5. The zero-order chi connectivity index (χ0) is 20.4. The highest BCUT2D eigenvalue weighted by Crippen LogP contribution is 2.36. The molecule has 0 radical (unpaired) electrons. The van der Waals surface area contributed by atoms with E-state index < -0.39 is 0 Å². The first-order valence-electron chi connectivity index (χ1n) is 9.35. The van der Waals surface area contributed by atoms with Crippen LogP contribution in [0.4, 0.5) is 4.39 Å². The molecule has 4 rings (SSSR count). The first-order chi connectivity index (χ1) is 14.0. The Labute approximate surface area is 178 Å². The summed E-state index contributed by atoms with van der Waals surface area (Å²) in [6.07, 6.45) is 0. The van der Waals surface area contributed by atoms with Gasteiger partial charge in [0.1, 0.15) is 11.6 Å². The largest absolute Gasteiger partial charge is 0.467 e. The second-order valence-electron chi connectivity index (χ2n) is 7.24. The number of fused-ring (bicyclic) bond motifs is 1. The summed E-state index contributed by atoms with van der Waals surface area (Å²) in [5, 5.41) is 10.0. The monoisotopic (exact) mass is 433 g/mol. The summed E-state index contributed by atoms with van der Waals surface area (Å²) in [6.45, 7) is 5.63. The number of thioether (sulfide) groups is 1. The van der Waals surface area contributed by atoms with Crippen LogP contribution in [0.1, 0.15) is 25.0 Å². The highest BCUT2D eigenvalue weighted by Gasteiger charge is 2.20. The van der Waals surface area contributed by atoms with Gasteiger partial charge in [-0.1, -0.05) is 49.3 Å². The van der Waals surface area contributed by atoms with Crippen molar-refractivity contribution in [2.75, 3.05) is 6.79 Å². The molecule has 0 saturated carbocycles. The Kier molecular flexibility index (Phi) is 6.08. The van der Waals surface area contributed by atoms with Crippen molar-refractivity contribution in [1.29, 1.82) is 0 Å². The maximum absolute atomic E-state index is 14.4. The minimum absolute atomic E-state index is 0.229. The average Bonchev–Trinajstić information content (AvgIpc) is 3.08. The van der Waals surface area contributed by atoms with Gasteiger partial charge in [0.2, 0.25) is 0 Å². The number of hydrogen-bond donors (Lipinski definition) is 0. The minimum Gasteiger partial charge on any atom is -0.467 e. The molecule has 5 nitrogen and oxygen atoms in total. The zero-order valence-electron chi connectivity index (χ0n) is 16.2. The standard InChI is InChI=1S/C21H21ClFN3O2S/c1-13(2)9-26-20(17-5-3-4-6-18(17)23)24-25-21(26)29-11-15-8-16(22)7-14-10-27-12-28-19(14)15/h3-8,13H,9-12H2,1-2H3. The van der Waals surface area contributed by atoms with Gasteiger partial charge in [0.25, 0.3) is 0 Å². The van der Waals surface area contributed by atoms with Crippen molar-refractivity contribution in [1.82, 2.24) is 14.8 Å². The van der Waals surface area contributed by atoms with Gasteiger partial charge in [-0.2, -0.15) is 0 Å². The summed E-state index contributed by atoms with van der Waals surface area (Å²) in [4.78, 5) is 0. The van der Waals surface area contributed by atoms with E-state index in [1.165, 1.54) is 17.8 Å². The van der Waals surface area contributed by atoms with Crippen molar-refractivity contribution in [2.24, 2.45) is 5.92 Å². The van der Waals surface area contributed by atoms with Gasteiger partial charge in [0, 0.05) is 28.4 Å². The van der Waals surface area contributed by atoms with Crippen LogP contribution < -0.4 is 4.74 Å². The second kappa shape index (κ2) is 8.73. The topological polar surface area (TPSA) is 49.2 Å². The SMILES string of the molecule is CC(C)Cn1c(SCc2cc(Cl)cc3c2OCOC3)nnc1-c1ccccc1F. The van der Waals surface area contributed by atoms with E-state index >= 15 is 0 Å². The van der Waals surface area contributed by atoms with E-state index in [0.29, 0.717) is 41.2 Å². The number of hydrogen-bond acceptors (Lipinski definition) is 5. The van der Waals surface area contributed by atoms with Gasteiger partial charge in [-0.15, -0.1) is 10.2 Å². The lowest BCUT2D eigenvalue weighted by molar-refractivity contribution is -0.0168. The molecule has 3 aromatic rings. The molecular formula is C21H21ClFN3O2S. The van der Waals surface area contributed by atoms with E-state index in [1.54, 1.807) is 18.2 Å². The molecule has 0 fully saturated rings. The second-order valence-corrected chi connectivity index (χ2v) is 8.62. The first-order valence-corrected chi connectivity index (χ1v) is 10.7. The lowest BCUT2D eigenvalue weighted by Crippen LogP contribution is -2.13. The number of benzene rings is 2. The molecule has 1 aromatic heterocycles. The molecule has 0 unspecified atom stereocenters. The molecular weight excluding hydrogens is 413 g/mol.